The molecule has 1 aliphatic heterocycles. The molecule has 0 bridgehead atoms. The molecule has 2 atom stereocenters. The molecule has 2 unspecified atom stereocenters. The van der Waals surface area contributed by atoms with Crippen LogP contribution in [0, 0.1) is 11.8 Å². The van der Waals surface area contributed by atoms with E-state index in [1.165, 1.54) is 6.42 Å². The Kier molecular flexibility index (Phi) is 5.38. The Labute approximate surface area is 131 Å². The summed E-state index contributed by atoms with van der Waals surface area (Å²) in [6, 6.07) is 0. The van der Waals surface area contributed by atoms with Crippen LogP contribution < -0.4 is 0 Å². The van der Waals surface area contributed by atoms with Crippen LogP contribution in [0.1, 0.15) is 55.6 Å². The normalized spacial score (nSPS) is 23.7. The van der Waals surface area contributed by atoms with Gasteiger partial charge in [-0.1, -0.05) is 27.7 Å². The van der Waals surface area contributed by atoms with Gasteiger partial charge in [-0.2, -0.15) is 0 Å². The maximum absolute atomic E-state index is 11.0. The van der Waals surface area contributed by atoms with Gasteiger partial charge in [0.05, 0.1) is 17.1 Å². The van der Waals surface area contributed by atoms with Crippen molar-refractivity contribution in [1.29, 1.82) is 0 Å². The molecule has 1 aromatic rings. The predicted octanol–water partition coefficient (Wildman–Crippen LogP) is 3.37. The van der Waals surface area contributed by atoms with Gasteiger partial charge in [0.1, 0.15) is 0 Å². The first-order valence-corrected chi connectivity index (χ1v) is 8.59. The summed E-state index contributed by atoms with van der Waals surface area (Å²) in [6.45, 7) is 11.9. The molecule has 0 aliphatic carbocycles. The summed E-state index contributed by atoms with van der Waals surface area (Å²) in [6.07, 6.45) is 1.33. The molecule has 21 heavy (non-hydrogen) atoms. The van der Waals surface area contributed by atoms with Crippen molar-refractivity contribution >= 4 is 17.3 Å². The van der Waals surface area contributed by atoms with E-state index in [2.05, 4.69) is 37.6 Å². The molecule has 5 heteroatoms. The van der Waals surface area contributed by atoms with E-state index in [9.17, 15) is 4.79 Å². The van der Waals surface area contributed by atoms with Crippen molar-refractivity contribution in [3.63, 3.8) is 0 Å². The van der Waals surface area contributed by atoms with E-state index in [1.807, 2.05) is 0 Å². The molecule has 0 aromatic carbocycles. The summed E-state index contributed by atoms with van der Waals surface area (Å²) in [4.78, 5) is 19.2. The summed E-state index contributed by atoms with van der Waals surface area (Å²) in [5.41, 5.74) is 0.766. The molecule has 0 radical (unpaired) electrons. The monoisotopic (exact) mass is 310 g/mol. The van der Waals surface area contributed by atoms with Crippen molar-refractivity contribution in [2.24, 2.45) is 11.8 Å². The molecule has 1 saturated heterocycles. The maximum atomic E-state index is 11.0. The van der Waals surface area contributed by atoms with Crippen molar-refractivity contribution in [3.8, 4) is 0 Å². The van der Waals surface area contributed by atoms with Crippen molar-refractivity contribution in [2.45, 2.75) is 53.0 Å². The third-order valence-corrected chi connectivity index (χ3v) is 5.30. The van der Waals surface area contributed by atoms with Gasteiger partial charge in [0.2, 0.25) is 0 Å². The number of aliphatic carboxylic acids is 1. The van der Waals surface area contributed by atoms with Crippen molar-refractivity contribution in [3.05, 3.63) is 15.6 Å². The lowest BCUT2D eigenvalue weighted by atomic mass is 9.92. The average molecular weight is 310 g/mol. The molecular formula is C16H26N2O2S. The Bertz CT molecular complexity index is 488. The number of hydrogen-bond donors (Lipinski definition) is 1. The highest BCUT2D eigenvalue weighted by Crippen LogP contribution is 2.29. The highest BCUT2D eigenvalue weighted by atomic mass is 32.1. The molecule has 0 saturated carbocycles. The van der Waals surface area contributed by atoms with Gasteiger partial charge in [0.15, 0.2) is 0 Å². The van der Waals surface area contributed by atoms with E-state index in [4.69, 9.17) is 5.11 Å². The first-order chi connectivity index (χ1) is 9.85. The molecule has 1 N–H and O–H groups in total. The van der Waals surface area contributed by atoms with Crippen molar-refractivity contribution < 1.29 is 9.90 Å². The van der Waals surface area contributed by atoms with Crippen molar-refractivity contribution in [2.75, 3.05) is 13.1 Å². The van der Waals surface area contributed by atoms with Crippen LogP contribution in [-0.2, 0) is 17.8 Å². The number of hydrogen-bond acceptors (Lipinski definition) is 4. The van der Waals surface area contributed by atoms with E-state index in [1.54, 1.807) is 11.3 Å². The summed E-state index contributed by atoms with van der Waals surface area (Å²) in [5.74, 6) is 0.996. The SMILES string of the molecule is CC1CC(C)CN(Cc2sc(C(C)C)nc2CC(=O)O)C1. The van der Waals surface area contributed by atoms with E-state index >= 15 is 0 Å². The van der Waals surface area contributed by atoms with Crippen LogP contribution in [0.15, 0.2) is 0 Å². The van der Waals surface area contributed by atoms with E-state index in [0.29, 0.717) is 17.8 Å². The van der Waals surface area contributed by atoms with Crippen LogP contribution >= 0.6 is 11.3 Å². The van der Waals surface area contributed by atoms with E-state index in [-0.39, 0.29) is 6.42 Å². The second-order valence-electron chi connectivity index (χ2n) is 6.79. The van der Waals surface area contributed by atoms with Crippen LogP contribution in [0.25, 0.3) is 0 Å². The first kappa shape index (κ1) is 16.4. The van der Waals surface area contributed by atoms with Gasteiger partial charge >= 0.3 is 5.97 Å². The van der Waals surface area contributed by atoms with Gasteiger partial charge in [-0.15, -0.1) is 11.3 Å². The van der Waals surface area contributed by atoms with Crippen LogP contribution in [0.4, 0.5) is 0 Å². The van der Waals surface area contributed by atoms with Crippen LogP contribution in [-0.4, -0.2) is 34.0 Å². The third-order valence-electron chi connectivity index (χ3n) is 3.92. The Hall–Kier alpha value is -0.940. The van der Waals surface area contributed by atoms with Gasteiger partial charge in [-0.25, -0.2) is 4.98 Å². The minimum Gasteiger partial charge on any atom is -0.481 e. The Morgan fingerprint density at radius 1 is 1.38 bits per heavy atom. The predicted molar refractivity (Wildman–Crippen MR) is 85.8 cm³/mol. The minimum absolute atomic E-state index is 0.0392. The Morgan fingerprint density at radius 3 is 2.52 bits per heavy atom. The molecule has 1 fully saturated rings. The zero-order valence-electron chi connectivity index (χ0n) is 13.4. The number of carbonyl (C=O) groups is 1. The largest absolute Gasteiger partial charge is 0.481 e. The first-order valence-electron chi connectivity index (χ1n) is 7.77. The average Bonchev–Trinajstić information content (AvgIpc) is 2.70. The zero-order chi connectivity index (χ0) is 15.6. The zero-order valence-corrected chi connectivity index (χ0v) is 14.2. The quantitative estimate of drug-likeness (QED) is 0.906. The van der Waals surface area contributed by atoms with Crippen LogP contribution in [0.3, 0.4) is 0 Å². The highest BCUT2D eigenvalue weighted by Gasteiger charge is 2.24. The van der Waals surface area contributed by atoms with Gasteiger partial charge in [-0.3, -0.25) is 9.69 Å². The number of carboxylic acid groups (broad SMARTS) is 1. The lowest BCUT2D eigenvalue weighted by molar-refractivity contribution is -0.136. The number of thiazole rings is 1. The second kappa shape index (κ2) is 6.88. The molecule has 0 spiro atoms. The Balaban J connectivity index is 2.15. The number of piperidine rings is 1. The summed E-state index contributed by atoms with van der Waals surface area (Å²) in [7, 11) is 0. The maximum Gasteiger partial charge on any atom is 0.309 e. The molecule has 1 aliphatic rings. The summed E-state index contributed by atoms with van der Waals surface area (Å²) >= 11 is 1.69. The van der Waals surface area contributed by atoms with E-state index < -0.39 is 5.97 Å². The second-order valence-corrected chi connectivity index (χ2v) is 7.90. The summed E-state index contributed by atoms with van der Waals surface area (Å²) in [5, 5.41) is 10.1. The molecule has 0 amide bonds. The van der Waals surface area contributed by atoms with Crippen LogP contribution in [0.5, 0.6) is 0 Å². The number of likely N-dealkylation sites (tertiary alicyclic amines) is 1. The lowest BCUT2D eigenvalue weighted by Crippen LogP contribution is -2.38. The smallest absolute Gasteiger partial charge is 0.309 e. The van der Waals surface area contributed by atoms with Gasteiger partial charge in [0.25, 0.3) is 0 Å². The molecule has 118 valence electrons. The molecule has 4 nitrogen and oxygen atoms in total. The lowest BCUT2D eigenvalue weighted by Gasteiger charge is -2.34. The van der Waals surface area contributed by atoms with Crippen LogP contribution in [0.2, 0.25) is 0 Å². The third kappa shape index (κ3) is 4.51. The molecule has 2 rings (SSSR count). The fraction of sp³-hybridized carbons (Fsp3) is 0.750. The fourth-order valence-corrected chi connectivity index (χ4v) is 4.31. The standard InChI is InChI=1S/C16H26N2O2S/c1-10(2)16-17-13(6-15(19)20)14(21-16)9-18-7-11(3)5-12(4)8-18/h10-12H,5-9H2,1-4H3,(H,19,20). The number of rotatable bonds is 5. The van der Waals surface area contributed by atoms with Crippen molar-refractivity contribution in [1.82, 2.24) is 9.88 Å². The van der Waals surface area contributed by atoms with Gasteiger partial charge in [-0.05, 0) is 18.3 Å². The number of aromatic nitrogens is 1. The molecule has 1 aromatic heterocycles. The molecular weight excluding hydrogens is 284 g/mol. The Morgan fingerprint density at radius 2 is 2.00 bits per heavy atom. The van der Waals surface area contributed by atoms with Gasteiger partial charge in [0, 0.05) is 30.4 Å². The van der Waals surface area contributed by atoms with E-state index in [0.717, 1.165) is 35.2 Å². The molecule has 2 heterocycles. The minimum atomic E-state index is -0.794. The number of carboxylic acids is 1. The topological polar surface area (TPSA) is 53.4 Å². The summed E-state index contributed by atoms with van der Waals surface area (Å²) < 4.78 is 0. The van der Waals surface area contributed by atoms with Gasteiger partial charge < -0.3 is 5.11 Å². The number of nitrogens with zero attached hydrogens (tertiary/aromatic N) is 2. The highest BCUT2D eigenvalue weighted by molar-refractivity contribution is 7.11. The fourth-order valence-electron chi connectivity index (χ4n) is 3.18.